The lowest BCUT2D eigenvalue weighted by Crippen LogP contribution is -2.32. The van der Waals surface area contributed by atoms with Crippen LogP contribution in [0.15, 0.2) is 56.7 Å². The largest absolute Gasteiger partial charge is 0.497 e. The van der Waals surface area contributed by atoms with E-state index in [1.54, 1.807) is 18.9 Å². The van der Waals surface area contributed by atoms with Gasteiger partial charge in [-0.3, -0.25) is 0 Å². The Kier molecular flexibility index (Phi) is 7.85. The van der Waals surface area contributed by atoms with Crippen molar-refractivity contribution >= 4 is 39.3 Å². The molecule has 140 valence electrons. The molecule has 0 saturated carbocycles. The minimum Gasteiger partial charge on any atom is -0.497 e. The molecule has 26 heavy (non-hydrogen) atoms. The lowest BCUT2D eigenvalue weighted by molar-refractivity contribution is -0.141. The van der Waals surface area contributed by atoms with Crippen molar-refractivity contribution in [2.24, 2.45) is 5.92 Å². The molecule has 1 atom stereocenters. The first-order chi connectivity index (χ1) is 12.4. The van der Waals surface area contributed by atoms with Crippen LogP contribution in [-0.4, -0.2) is 26.2 Å². The zero-order chi connectivity index (χ0) is 19.1. The van der Waals surface area contributed by atoms with Crippen molar-refractivity contribution in [3.05, 3.63) is 46.9 Å². The summed E-state index contributed by atoms with van der Waals surface area (Å²) in [6.45, 7) is 4.17. The molecule has 0 aliphatic rings. The van der Waals surface area contributed by atoms with Crippen LogP contribution in [0.4, 0.5) is 5.69 Å². The fraction of sp³-hybridized carbons (Fsp3) is 0.350. The Morgan fingerprint density at radius 1 is 1.12 bits per heavy atom. The van der Waals surface area contributed by atoms with E-state index in [4.69, 9.17) is 9.47 Å². The third-order valence-electron chi connectivity index (χ3n) is 3.70. The molecule has 2 rings (SSSR count). The quantitative estimate of drug-likeness (QED) is 0.543. The number of benzene rings is 2. The van der Waals surface area contributed by atoms with Crippen LogP contribution in [0.5, 0.6) is 5.75 Å². The number of carbonyl (C=O) groups excluding carboxylic acids is 1. The lowest BCUT2D eigenvalue weighted by atomic mass is 10.0. The first-order valence-corrected chi connectivity index (χ1v) is 9.99. The van der Waals surface area contributed by atoms with E-state index < -0.39 is 0 Å². The summed E-state index contributed by atoms with van der Waals surface area (Å²) < 4.78 is 11.1. The number of halogens is 1. The molecule has 1 N–H and O–H groups in total. The van der Waals surface area contributed by atoms with Gasteiger partial charge in [0.15, 0.2) is 0 Å². The van der Waals surface area contributed by atoms with Crippen molar-refractivity contribution in [1.29, 1.82) is 0 Å². The van der Waals surface area contributed by atoms with Gasteiger partial charge in [-0.1, -0.05) is 41.5 Å². The van der Waals surface area contributed by atoms with Gasteiger partial charge in [0.1, 0.15) is 11.8 Å². The summed E-state index contributed by atoms with van der Waals surface area (Å²) in [6, 6.07) is 13.6. The van der Waals surface area contributed by atoms with Gasteiger partial charge in [-0.15, -0.1) is 0 Å². The summed E-state index contributed by atoms with van der Waals surface area (Å²) >= 11 is 5.20. The molecule has 0 fully saturated rings. The van der Waals surface area contributed by atoms with Crippen LogP contribution < -0.4 is 10.1 Å². The Labute approximate surface area is 167 Å². The fourth-order valence-corrected chi connectivity index (χ4v) is 4.07. The molecule has 0 aliphatic carbocycles. The Morgan fingerprint density at radius 3 is 2.38 bits per heavy atom. The Bertz CT molecular complexity index is 734. The maximum Gasteiger partial charge on any atom is 0.328 e. The summed E-state index contributed by atoms with van der Waals surface area (Å²) in [5, 5.41) is 3.31. The van der Waals surface area contributed by atoms with E-state index >= 15 is 0 Å². The molecule has 0 saturated heterocycles. The molecule has 0 amide bonds. The first kappa shape index (κ1) is 20.6. The van der Waals surface area contributed by atoms with E-state index in [2.05, 4.69) is 41.2 Å². The Morgan fingerprint density at radius 2 is 1.81 bits per heavy atom. The second-order valence-electron chi connectivity index (χ2n) is 6.30. The van der Waals surface area contributed by atoms with Gasteiger partial charge in [-0.25, -0.2) is 4.79 Å². The topological polar surface area (TPSA) is 47.6 Å². The number of anilines is 1. The minimum atomic E-state index is -0.367. The Hall–Kier alpha value is -1.66. The third kappa shape index (κ3) is 6.25. The number of nitrogens with one attached hydrogen (secondary N) is 1. The van der Waals surface area contributed by atoms with Crippen molar-refractivity contribution in [3.8, 4) is 5.75 Å². The highest BCUT2D eigenvalue weighted by atomic mass is 79.9. The first-order valence-electron chi connectivity index (χ1n) is 8.38. The molecule has 0 heterocycles. The molecule has 0 aromatic heterocycles. The number of hydrogen-bond donors (Lipinski definition) is 1. The zero-order valence-corrected chi connectivity index (χ0v) is 17.8. The predicted molar refractivity (Wildman–Crippen MR) is 110 cm³/mol. The van der Waals surface area contributed by atoms with Crippen LogP contribution in [-0.2, 0) is 9.53 Å². The maximum atomic E-state index is 12.1. The SMILES string of the molecule is COC(=O)C(CC(C)C)Nc1cc(Br)cc(Sc2ccc(OC)cc2)c1. The van der Waals surface area contributed by atoms with E-state index in [-0.39, 0.29) is 12.0 Å². The highest BCUT2D eigenvalue weighted by Crippen LogP contribution is 2.33. The van der Waals surface area contributed by atoms with Gasteiger partial charge >= 0.3 is 5.97 Å². The smallest absolute Gasteiger partial charge is 0.328 e. The summed E-state index contributed by atoms with van der Waals surface area (Å²) in [5.41, 5.74) is 0.881. The average Bonchev–Trinajstić information content (AvgIpc) is 2.60. The number of hydrogen-bond acceptors (Lipinski definition) is 5. The van der Waals surface area contributed by atoms with Crippen LogP contribution in [0.1, 0.15) is 20.3 Å². The molecular weight excluding hydrogens is 414 g/mol. The second kappa shape index (κ2) is 9.88. The maximum absolute atomic E-state index is 12.1. The molecule has 0 radical (unpaired) electrons. The van der Waals surface area contributed by atoms with Gasteiger partial charge in [-0.2, -0.15) is 0 Å². The average molecular weight is 438 g/mol. The van der Waals surface area contributed by atoms with Crippen LogP contribution in [0.25, 0.3) is 0 Å². The van der Waals surface area contributed by atoms with Crippen LogP contribution in [0, 0.1) is 5.92 Å². The molecular formula is C20H24BrNO3S. The molecule has 2 aromatic rings. The number of esters is 1. The van der Waals surface area contributed by atoms with E-state index in [9.17, 15) is 4.79 Å². The lowest BCUT2D eigenvalue weighted by Gasteiger charge is -2.20. The van der Waals surface area contributed by atoms with Crippen LogP contribution >= 0.6 is 27.7 Å². The van der Waals surface area contributed by atoms with Gasteiger partial charge in [0.2, 0.25) is 0 Å². The van der Waals surface area contributed by atoms with Gasteiger partial charge in [0, 0.05) is 20.0 Å². The normalized spacial score (nSPS) is 11.9. The van der Waals surface area contributed by atoms with Crippen molar-refractivity contribution in [2.75, 3.05) is 19.5 Å². The monoisotopic (exact) mass is 437 g/mol. The van der Waals surface area contributed by atoms with Gasteiger partial charge in [0.25, 0.3) is 0 Å². The van der Waals surface area contributed by atoms with Crippen molar-refractivity contribution in [1.82, 2.24) is 0 Å². The van der Waals surface area contributed by atoms with E-state index in [0.29, 0.717) is 12.3 Å². The number of carbonyl (C=O) groups is 1. The van der Waals surface area contributed by atoms with Crippen molar-refractivity contribution < 1.29 is 14.3 Å². The summed E-state index contributed by atoms with van der Waals surface area (Å²) in [5.74, 6) is 0.968. The van der Waals surface area contributed by atoms with Gasteiger partial charge in [-0.05, 0) is 54.8 Å². The second-order valence-corrected chi connectivity index (χ2v) is 8.37. The molecule has 0 aliphatic heterocycles. The number of rotatable bonds is 8. The van der Waals surface area contributed by atoms with Crippen molar-refractivity contribution in [3.63, 3.8) is 0 Å². The molecule has 2 aromatic carbocycles. The fourth-order valence-electron chi connectivity index (χ4n) is 2.51. The molecule has 1 unspecified atom stereocenters. The van der Waals surface area contributed by atoms with E-state index in [1.807, 2.05) is 36.4 Å². The Balaban J connectivity index is 2.17. The minimum absolute atomic E-state index is 0.247. The van der Waals surface area contributed by atoms with E-state index in [0.717, 1.165) is 25.7 Å². The molecule has 4 nitrogen and oxygen atoms in total. The molecule has 0 bridgehead atoms. The number of methoxy groups -OCH3 is 2. The van der Waals surface area contributed by atoms with Crippen molar-refractivity contribution in [2.45, 2.75) is 36.1 Å². The summed E-state index contributed by atoms with van der Waals surface area (Å²) in [6.07, 6.45) is 0.708. The number of ether oxygens (including phenoxy) is 2. The van der Waals surface area contributed by atoms with Gasteiger partial charge < -0.3 is 14.8 Å². The third-order valence-corrected chi connectivity index (χ3v) is 5.14. The van der Waals surface area contributed by atoms with Crippen LogP contribution in [0.3, 0.4) is 0 Å². The highest BCUT2D eigenvalue weighted by Gasteiger charge is 2.20. The predicted octanol–water partition coefficient (Wildman–Crippen LogP) is 5.61. The van der Waals surface area contributed by atoms with Crippen LogP contribution in [0.2, 0.25) is 0 Å². The van der Waals surface area contributed by atoms with Gasteiger partial charge in [0.05, 0.1) is 14.2 Å². The standard InChI is InChI=1S/C20H24BrNO3S/c1-13(2)9-19(20(23)25-4)22-15-10-14(21)11-18(12-15)26-17-7-5-16(24-3)6-8-17/h5-8,10-13,19,22H,9H2,1-4H3. The summed E-state index contributed by atoms with van der Waals surface area (Å²) in [4.78, 5) is 14.2. The highest BCUT2D eigenvalue weighted by molar-refractivity contribution is 9.10. The summed E-state index contributed by atoms with van der Waals surface area (Å²) in [7, 11) is 3.08. The molecule has 0 spiro atoms. The van der Waals surface area contributed by atoms with E-state index in [1.165, 1.54) is 7.11 Å². The zero-order valence-electron chi connectivity index (χ0n) is 15.4. The molecule has 6 heteroatoms.